The first kappa shape index (κ1) is 19.6. The number of ketones is 1. The highest BCUT2D eigenvalue weighted by Crippen LogP contribution is 2.32. The fourth-order valence-corrected chi connectivity index (χ4v) is 3.14. The molecule has 0 bridgehead atoms. The van der Waals surface area contributed by atoms with Gasteiger partial charge in [-0.3, -0.25) is 4.79 Å². The van der Waals surface area contributed by atoms with E-state index < -0.39 is 24.3 Å². The Labute approximate surface area is 160 Å². The fourth-order valence-electron chi connectivity index (χ4n) is 2.93. The standard InChI is InChI=1S/C18H11ClF4N4O/c1-8-26-16-11(6-24)15(17(28)10-4-9(20)2-3-12(10)19)13(25)5-14(16)27(8)7-18(21,22)23/h2-5H,7,25H2,1H3. The molecule has 0 radical (unpaired) electrons. The first-order valence-electron chi connectivity index (χ1n) is 7.79. The Morgan fingerprint density at radius 1 is 1.36 bits per heavy atom. The maximum atomic E-state index is 13.5. The maximum absolute atomic E-state index is 13.5. The summed E-state index contributed by atoms with van der Waals surface area (Å²) in [6.45, 7) is 0.0106. The molecule has 0 unspecified atom stereocenters. The highest BCUT2D eigenvalue weighted by atomic mass is 35.5. The molecule has 0 atom stereocenters. The number of halogens is 5. The minimum atomic E-state index is -4.52. The number of hydrogen-bond acceptors (Lipinski definition) is 4. The number of aromatic nitrogens is 2. The molecule has 0 amide bonds. The zero-order chi connectivity index (χ0) is 20.8. The molecule has 2 N–H and O–H groups in total. The first-order chi connectivity index (χ1) is 13.0. The van der Waals surface area contributed by atoms with Crippen molar-refractivity contribution < 1.29 is 22.4 Å². The van der Waals surface area contributed by atoms with Crippen LogP contribution < -0.4 is 5.73 Å². The third-order valence-electron chi connectivity index (χ3n) is 4.11. The van der Waals surface area contributed by atoms with E-state index in [2.05, 4.69) is 4.98 Å². The largest absolute Gasteiger partial charge is 0.406 e. The van der Waals surface area contributed by atoms with Crippen LogP contribution in [-0.4, -0.2) is 21.5 Å². The second-order valence-corrected chi connectivity index (χ2v) is 6.42. The number of rotatable bonds is 3. The van der Waals surface area contributed by atoms with Crippen LogP contribution in [0.15, 0.2) is 24.3 Å². The van der Waals surface area contributed by atoms with Gasteiger partial charge in [-0.2, -0.15) is 18.4 Å². The average molecular weight is 411 g/mol. The van der Waals surface area contributed by atoms with Gasteiger partial charge >= 0.3 is 6.18 Å². The lowest BCUT2D eigenvalue weighted by atomic mass is 9.96. The van der Waals surface area contributed by atoms with E-state index in [1.165, 1.54) is 13.0 Å². The van der Waals surface area contributed by atoms with Crippen LogP contribution in [0, 0.1) is 24.1 Å². The van der Waals surface area contributed by atoms with Crippen LogP contribution in [0.3, 0.4) is 0 Å². The maximum Gasteiger partial charge on any atom is 0.406 e. The highest BCUT2D eigenvalue weighted by Gasteiger charge is 2.31. The highest BCUT2D eigenvalue weighted by molar-refractivity contribution is 6.35. The Kier molecular flexibility index (Phi) is 4.77. The number of benzene rings is 2. The normalized spacial score (nSPS) is 11.6. The van der Waals surface area contributed by atoms with Gasteiger partial charge < -0.3 is 10.3 Å². The van der Waals surface area contributed by atoms with Gasteiger partial charge in [0.15, 0.2) is 5.78 Å². The molecule has 0 aliphatic heterocycles. The molecule has 0 spiro atoms. The Morgan fingerprint density at radius 2 is 2.04 bits per heavy atom. The first-order valence-corrected chi connectivity index (χ1v) is 8.17. The Morgan fingerprint density at radius 3 is 2.64 bits per heavy atom. The van der Waals surface area contributed by atoms with E-state index in [4.69, 9.17) is 17.3 Å². The molecular formula is C18H11ClF4N4O. The lowest BCUT2D eigenvalue weighted by Crippen LogP contribution is -2.18. The Bertz CT molecular complexity index is 1160. The van der Waals surface area contributed by atoms with E-state index in [0.29, 0.717) is 0 Å². The number of carbonyl (C=O) groups is 1. The summed E-state index contributed by atoms with van der Waals surface area (Å²) in [6, 6.07) is 6.03. The van der Waals surface area contributed by atoms with Crippen molar-refractivity contribution in [2.45, 2.75) is 19.6 Å². The molecule has 28 heavy (non-hydrogen) atoms. The third kappa shape index (κ3) is 3.39. The zero-order valence-corrected chi connectivity index (χ0v) is 15.0. The molecule has 0 saturated carbocycles. The van der Waals surface area contributed by atoms with Gasteiger partial charge in [-0.05, 0) is 31.2 Å². The van der Waals surface area contributed by atoms with E-state index in [0.717, 1.165) is 22.8 Å². The second-order valence-electron chi connectivity index (χ2n) is 6.01. The number of nitrogen functional groups attached to an aromatic ring is 1. The van der Waals surface area contributed by atoms with E-state index in [1.807, 2.05) is 0 Å². The molecule has 0 saturated heterocycles. The summed E-state index contributed by atoms with van der Waals surface area (Å²) >= 11 is 5.95. The number of imidazole rings is 1. The number of fused-ring (bicyclic) bond motifs is 1. The van der Waals surface area contributed by atoms with Gasteiger partial charge in [0.05, 0.1) is 21.7 Å². The number of hydrogen-bond donors (Lipinski definition) is 1. The van der Waals surface area contributed by atoms with Crippen LogP contribution in [0.4, 0.5) is 23.2 Å². The zero-order valence-electron chi connectivity index (χ0n) is 14.2. The summed E-state index contributed by atoms with van der Waals surface area (Å²) in [7, 11) is 0. The lowest BCUT2D eigenvalue weighted by molar-refractivity contribution is -0.140. The van der Waals surface area contributed by atoms with Gasteiger partial charge in [-0.1, -0.05) is 11.6 Å². The van der Waals surface area contributed by atoms with Gasteiger partial charge in [-0.25, -0.2) is 9.37 Å². The number of anilines is 1. The van der Waals surface area contributed by atoms with Crippen LogP contribution in [0.25, 0.3) is 11.0 Å². The fraction of sp³-hybridized carbons (Fsp3) is 0.167. The second kappa shape index (κ2) is 6.80. The number of nitrogens with two attached hydrogens (primary N) is 1. The molecule has 3 aromatic rings. The van der Waals surface area contributed by atoms with Crippen molar-refractivity contribution >= 4 is 34.1 Å². The molecule has 5 nitrogen and oxygen atoms in total. The number of aryl methyl sites for hydroxylation is 1. The van der Waals surface area contributed by atoms with Crippen molar-refractivity contribution in [3.05, 3.63) is 57.6 Å². The SMILES string of the molecule is Cc1nc2c(C#N)c(C(=O)c3cc(F)ccc3Cl)c(N)cc2n1CC(F)(F)F. The number of alkyl halides is 3. The van der Waals surface area contributed by atoms with E-state index >= 15 is 0 Å². The number of carbonyl (C=O) groups excluding carboxylic acids is 1. The van der Waals surface area contributed by atoms with Crippen molar-refractivity contribution in [3.63, 3.8) is 0 Å². The van der Waals surface area contributed by atoms with E-state index in [-0.39, 0.29) is 44.3 Å². The van der Waals surface area contributed by atoms with Gasteiger partial charge in [-0.15, -0.1) is 0 Å². The summed E-state index contributed by atoms with van der Waals surface area (Å²) < 4.78 is 53.0. The van der Waals surface area contributed by atoms with Crippen molar-refractivity contribution in [1.82, 2.24) is 9.55 Å². The number of nitrogens with zero attached hydrogens (tertiary/aromatic N) is 3. The van der Waals surface area contributed by atoms with Crippen LogP contribution >= 0.6 is 11.6 Å². The molecule has 2 aromatic carbocycles. The van der Waals surface area contributed by atoms with Crippen LogP contribution in [0.1, 0.15) is 27.3 Å². The molecule has 0 fully saturated rings. The van der Waals surface area contributed by atoms with Crippen molar-refractivity contribution in [2.24, 2.45) is 0 Å². The summed E-state index contributed by atoms with van der Waals surface area (Å²) in [4.78, 5) is 16.9. The van der Waals surface area contributed by atoms with Gasteiger partial charge in [0.25, 0.3) is 0 Å². The molecule has 1 aromatic heterocycles. The monoisotopic (exact) mass is 410 g/mol. The molecule has 10 heteroatoms. The van der Waals surface area contributed by atoms with Crippen molar-refractivity contribution in [3.8, 4) is 6.07 Å². The Hall–Kier alpha value is -3.12. The van der Waals surface area contributed by atoms with E-state index in [9.17, 15) is 27.6 Å². The van der Waals surface area contributed by atoms with Gasteiger partial charge in [0.1, 0.15) is 29.8 Å². The average Bonchev–Trinajstić information content (AvgIpc) is 2.89. The molecular weight excluding hydrogens is 400 g/mol. The van der Waals surface area contributed by atoms with Crippen LogP contribution in [0.5, 0.6) is 0 Å². The predicted molar refractivity (Wildman–Crippen MR) is 94.5 cm³/mol. The summed E-state index contributed by atoms with van der Waals surface area (Å²) in [6.07, 6.45) is -4.52. The smallest absolute Gasteiger partial charge is 0.398 e. The van der Waals surface area contributed by atoms with Crippen LogP contribution in [-0.2, 0) is 6.54 Å². The third-order valence-corrected chi connectivity index (χ3v) is 4.44. The van der Waals surface area contributed by atoms with Gasteiger partial charge in [0.2, 0.25) is 0 Å². The van der Waals surface area contributed by atoms with Crippen molar-refractivity contribution in [1.29, 1.82) is 5.26 Å². The quantitative estimate of drug-likeness (QED) is 0.394. The predicted octanol–water partition coefficient (Wildman–Crippen LogP) is 4.38. The lowest BCUT2D eigenvalue weighted by Gasteiger charge is -2.12. The van der Waals surface area contributed by atoms with Crippen LogP contribution in [0.2, 0.25) is 5.02 Å². The number of nitriles is 1. The van der Waals surface area contributed by atoms with E-state index in [1.54, 1.807) is 6.07 Å². The molecule has 1 heterocycles. The summed E-state index contributed by atoms with van der Waals surface area (Å²) in [5.74, 6) is -1.56. The summed E-state index contributed by atoms with van der Waals surface area (Å²) in [5, 5.41) is 9.50. The summed E-state index contributed by atoms with van der Waals surface area (Å²) in [5.41, 5.74) is 4.70. The van der Waals surface area contributed by atoms with Crippen molar-refractivity contribution in [2.75, 3.05) is 5.73 Å². The minimum Gasteiger partial charge on any atom is -0.398 e. The molecule has 3 rings (SSSR count). The molecule has 144 valence electrons. The minimum absolute atomic E-state index is 0.00314. The topological polar surface area (TPSA) is 84.7 Å². The molecule has 0 aliphatic carbocycles. The Balaban J connectivity index is 2.28. The molecule has 0 aliphatic rings. The van der Waals surface area contributed by atoms with Gasteiger partial charge in [0, 0.05) is 11.3 Å².